The van der Waals surface area contributed by atoms with E-state index in [9.17, 15) is 9.59 Å². The van der Waals surface area contributed by atoms with Gasteiger partial charge >= 0.3 is 5.97 Å². The van der Waals surface area contributed by atoms with Crippen molar-refractivity contribution in [3.8, 4) is 0 Å². The number of ether oxygens (including phenoxy) is 1. The average molecular weight is 283 g/mol. The van der Waals surface area contributed by atoms with Crippen LogP contribution < -0.4 is 0 Å². The summed E-state index contributed by atoms with van der Waals surface area (Å²) >= 11 is 0. The molecule has 5 nitrogen and oxygen atoms in total. The van der Waals surface area contributed by atoms with Crippen LogP contribution in [-0.2, 0) is 14.3 Å². The van der Waals surface area contributed by atoms with Crippen LogP contribution in [0.25, 0.3) is 0 Å². The van der Waals surface area contributed by atoms with Gasteiger partial charge in [0.25, 0.3) is 0 Å². The zero-order valence-electron chi connectivity index (χ0n) is 12.2. The standard InChI is InChI=1S/C15H25NO4/c1-11-9-16(10-13(20-11)15(18)19)14(17)8-7-12-5-3-2-4-6-12/h11-13H,2-10H2,1H3,(H,18,19)/t11-,13?/m1/s1. The van der Waals surface area contributed by atoms with Gasteiger partial charge in [-0.1, -0.05) is 32.1 Å². The van der Waals surface area contributed by atoms with Crippen LogP contribution in [0.1, 0.15) is 51.9 Å². The lowest BCUT2D eigenvalue weighted by Gasteiger charge is -2.35. The van der Waals surface area contributed by atoms with Gasteiger partial charge in [-0.2, -0.15) is 0 Å². The lowest BCUT2D eigenvalue weighted by molar-refractivity contribution is -0.166. The summed E-state index contributed by atoms with van der Waals surface area (Å²) in [5, 5.41) is 9.03. The molecule has 2 rings (SSSR count). The smallest absolute Gasteiger partial charge is 0.334 e. The molecule has 5 heteroatoms. The third kappa shape index (κ3) is 4.20. The van der Waals surface area contributed by atoms with Crippen molar-refractivity contribution in [1.29, 1.82) is 0 Å². The number of rotatable bonds is 4. The molecule has 1 aliphatic heterocycles. The summed E-state index contributed by atoms with van der Waals surface area (Å²) in [5.41, 5.74) is 0. The maximum atomic E-state index is 12.2. The molecular formula is C15H25NO4. The molecule has 1 saturated heterocycles. The van der Waals surface area contributed by atoms with Crippen LogP contribution in [0.2, 0.25) is 0 Å². The van der Waals surface area contributed by atoms with Gasteiger partial charge < -0.3 is 14.7 Å². The number of hydrogen-bond donors (Lipinski definition) is 1. The highest BCUT2D eigenvalue weighted by molar-refractivity contribution is 5.78. The molecule has 0 aromatic rings. The van der Waals surface area contributed by atoms with Gasteiger partial charge in [-0.15, -0.1) is 0 Å². The van der Waals surface area contributed by atoms with Crippen LogP contribution in [0.4, 0.5) is 0 Å². The molecule has 2 fully saturated rings. The molecular weight excluding hydrogens is 258 g/mol. The molecule has 20 heavy (non-hydrogen) atoms. The Morgan fingerprint density at radius 3 is 2.55 bits per heavy atom. The Balaban J connectivity index is 1.80. The van der Waals surface area contributed by atoms with Crippen LogP contribution in [0.3, 0.4) is 0 Å². The topological polar surface area (TPSA) is 66.8 Å². The highest BCUT2D eigenvalue weighted by Gasteiger charge is 2.32. The van der Waals surface area contributed by atoms with Crippen LogP contribution in [0.15, 0.2) is 0 Å². The van der Waals surface area contributed by atoms with E-state index in [2.05, 4.69) is 0 Å². The van der Waals surface area contributed by atoms with Gasteiger partial charge in [-0.3, -0.25) is 4.79 Å². The number of amides is 1. The van der Waals surface area contributed by atoms with Crippen molar-refractivity contribution in [3.05, 3.63) is 0 Å². The number of morpholine rings is 1. The van der Waals surface area contributed by atoms with Crippen molar-refractivity contribution in [2.45, 2.75) is 64.1 Å². The molecule has 1 amide bonds. The number of aliphatic carboxylic acids is 1. The predicted molar refractivity (Wildman–Crippen MR) is 74.4 cm³/mol. The maximum absolute atomic E-state index is 12.2. The van der Waals surface area contributed by atoms with Crippen LogP contribution in [0.5, 0.6) is 0 Å². The summed E-state index contributed by atoms with van der Waals surface area (Å²) in [5.74, 6) is -0.222. The van der Waals surface area contributed by atoms with Gasteiger partial charge in [0.15, 0.2) is 6.10 Å². The van der Waals surface area contributed by atoms with E-state index in [1.54, 1.807) is 4.90 Å². The lowest BCUT2D eigenvalue weighted by Crippen LogP contribution is -2.51. The van der Waals surface area contributed by atoms with E-state index in [-0.39, 0.29) is 18.6 Å². The Hall–Kier alpha value is -1.10. The number of carboxylic acid groups (broad SMARTS) is 1. The van der Waals surface area contributed by atoms with Crippen molar-refractivity contribution in [2.75, 3.05) is 13.1 Å². The Labute approximate surface area is 120 Å². The molecule has 2 aliphatic rings. The largest absolute Gasteiger partial charge is 0.479 e. The highest BCUT2D eigenvalue weighted by atomic mass is 16.5. The second kappa shape index (κ2) is 7.07. The third-order valence-electron chi connectivity index (χ3n) is 4.38. The molecule has 0 aromatic carbocycles. The highest BCUT2D eigenvalue weighted by Crippen LogP contribution is 2.27. The molecule has 1 unspecified atom stereocenters. The number of hydrogen-bond acceptors (Lipinski definition) is 3. The number of carboxylic acids is 1. The second-order valence-corrected chi connectivity index (χ2v) is 6.12. The third-order valence-corrected chi connectivity index (χ3v) is 4.38. The quantitative estimate of drug-likeness (QED) is 0.857. The molecule has 1 aliphatic carbocycles. The molecule has 1 saturated carbocycles. The summed E-state index contributed by atoms with van der Waals surface area (Å²) in [7, 11) is 0. The minimum atomic E-state index is -0.985. The van der Waals surface area contributed by atoms with Crippen LogP contribution in [-0.4, -0.2) is 47.2 Å². The second-order valence-electron chi connectivity index (χ2n) is 6.12. The van der Waals surface area contributed by atoms with Crippen molar-refractivity contribution < 1.29 is 19.4 Å². The van der Waals surface area contributed by atoms with E-state index < -0.39 is 12.1 Å². The van der Waals surface area contributed by atoms with E-state index in [0.29, 0.717) is 18.9 Å². The van der Waals surface area contributed by atoms with E-state index in [4.69, 9.17) is 9.84 Å². The van der Waals surface area contributed by atoms with Gasteiger partial charge in [0.05, 0.1) is 12.6 Å². The van der Waals surface area contributed by atoms with Gasteiger partial charge in [-0.25, -0.2) is 4.79 Å². The molecule has 0 aromatic heterocycles. The molecule has 114 valence electrons. The fourth-order valence-electron chi connectivity index (χ4n) is 3.25. The first-order valence-corrected chi connectivity index (χ1v) is 7.72. The fraction of sp³-hybridized carbons (Fsp3) is 0.867. The van der Waals surface area contributed by atoms with Gasteiger partial charge in [0.1, 0.15) is 0 Å². The van der Waals surface area contributed by atoms with E-state index in [0.717, 1.165) is 6.42 Å². The van der Waals surface area contributed by atoms with Crippen molar-refractivity contribution in [3.63, 3.8) is 0 Å². The maximum Gasteiger partial charge on any atom is 0.334 e. The summed E-state index contributed by atoms with van der Waals surface area (Å²) in [6.07, 6.45) is 6.79. The summed E-state index contributed by atoms with van der Waals surface area (Å²) < 4.78 is 5.33. The number of carbonyl (C=O) groups excluding carboxylic acids is 1. The first-order chi connectivity index (χ1) is 9.56. The Bertz CT molecular complexity index is 352. The molecule has 0 bridgehead atoms. The number of nitrogens with zero attached hydrogens (tertiary/aromatic N) is 1. The van der Waals surface area contributed by atoms with Crippen molar-refractivity contribution in [1.82, 2.24) is 4.90 Å². The minimum Gasteiger partial charge on any atom is -0.479 e. The molecule has 1 N–H and O–H groups in total. The fourth-order valence-corrected chi connectivity index (χ4v) is 3.25. The zero-order chi connectivity index (χ0) is 14.5. The van der Waals surface area contributed by atoms with Crippen molar-refractivity contribution in [2.24, 2.45) is 5.92 Å². The Morgan fingerprint density at radius 1 is 1.20 bits per heavy atom. The lowest BCUT2D eigenvalue weighted by atomic mass is 9.86. The van der Waals surface area contributed by atoms with Gasteiger partial charge in [-0.05, 0) is 19.3 Å². The normalized spacial score (nSPS) is 28.4. The minimum absolute atomic E-state index is 0.0805. The first-order valence-electron chi connectivity index (χ1n) is 7.72. The van der Waals surface area contributed by atoms with Crippen LogP contribution in [0, 0.1) is 5.92 Å². The molecule has 0 spiro atoms. The Morgan fingerprint density at radius 2 is 1.90 bits per heavy atom. The molecule has 0 radical (unpaired) electrons. The van der Waals surface area contributed by atoms with Crippen molar-refractivity contribution >= 4 is 11.9 Å². The zero-order valence-corrected chi connectivity index (χ0v) is 12.2. The average Bonchev–Trinajstić information content (AvgIpc) is 2.45. The number of carbonyl (C=O) groups is 2. The summed E-state index contributed by atoms with van der Waals surface area (Å²) in [6, 6.07) is 0. The van der Waals surface area contributed by atoms with E-state index in [1.807, 2.05) is 6.92 Å². The molecule has 2 atom stereocenters. The van der Waals surface area contributed by atoms with Crippen LogP contribution >= 0.6 is 0 Å². The SMILES string of the molecule is C[C@@H]1CN(C(=O)CCC2CCCCC2)CC(C(=O)O)O1. The van der Waals surface area contributed by atoms with E-state index >= 15 is 0 Å². The summed E-state index contributed by atoms with van der Waals surface area (Å²) in [4.78, 5) is 24.9. The predicted octanol–water partition coefficient (Wildman–Crippen LogP) is 2.05. The van der Waals surface area contributed by atoms with E-state index in [1.165, 1.54) is 32.1 Å². The Kier molecular flexibility index (Phi) is 5.40. The monoisotopic (exact) mass is 283 g/mol. The van der Waals surface area contributed by atoms with Gasteiger partial charge in [0, 0.05) is 13.0 Å². The first kappa shape index (κ1) is 15.3. The van der Waals surface area contributed by atoms with Gasteiger partial charge in [0.2, 0.25) is 5.91 Å². The summed E-state index contributed by atoms with van der Waals surface area (Å²) in [6.45, 7) is 2.51. The molecule has 1 heterocycles.